The van der Waals surface area contributed by atoms with E-state index in [0.29, 0.717) is 28.4 Å². The van der Waals surface area contributed by atoms with Gasteiger partial charge in [-0.05, 0) is 48.9 Å². The van der Waals surface area contributed by atoms with Crippen LogP contribution in [0.4, 0.5) is 11.4 Å². The summed E-state index contributed by atoms with van der Waals surface area (Å²) in [7, 11) is 0. The van der Waals surface area contributed by atoms with Crippen molar-refractivity contribution in [2.75, 3.05) is 10.6 Å². The van der Waals surface area contributed by atoms with E-state index < -0.39 is 0 Å². The molecule has 0 bridgehead atoms. The minimum absolute atomic E-state index is 0.0230. The van der Waals surface area contributed by atoms with Gasteiger partial charge in [0.2, 0.25) is 5.91 Å². The Morgan fingerprint density at radius 3 is 2.26 bits per heavy atom. The van der Waals surface area contributed by atoms with E-state index in [4.69, 9.17) is 11.6 Å². The van der Waals surface area contributed by atoms with E-state index in [1.54, 1.807) is 42.5 Å². The molecule has 120 valence electrons. The Morgan fingerprint density at radius 1 is 1.04 bits per heavy atom. The molecule has 0 unspecified atom stereocenters. The molecule has 2 aromatic carbocycles. The fourth-order valence-corrected chi connectivity index (χ4v) is 2.52. The molecule has 0 fully saturated rings. The molecular formula is C17H16BrClN2O2. The van der Waals surface area contributed by atoms with Gasteiger partial charge >= 0.3 is 0 Å². The summed E-state index contributed by atoms with van der Waals surface area (Å²) in [4.78, 5) is 23.8. The Morgan fingerprint density at radius 2 is 1.65 bits per heavy atom. The molecule has 0 aromatic heterocycles. The van der Waals surface area contributed by atoms with Crippen molar-refractivity contribution in [2.45, 2.75) is 19.8 Å². The molecule has 4 nitrogen and oxygen atoms in total. The third kappa shape index (κ3) is 5.08. The SMILES string of the molecule is CCCC(=O)Nc1ccc(NC(=O)c2cc(Br)ccc2Cl)cc1. The van der Waals surface area contributed by atoms with Gasteiger partial charge in [0.15, 0.2) is 0 Å². The number of hydrogen-bond acceptors (Lipinski definition) is 2. The third-order valence-electron chi connectivity index (χ3n) is 3.08. The van der Waals surface area contributed by atoms with Crippen LogP contribution in [0, 0.1) is 0 Å². The van der Waals surface area contributed by atoms with Crippen LogP contribution < -0.4 is 10.6 Å². The molecule has 0 aliphatic carbocycles. The molecule has 23 heavy (non-hydrogen) atoms. The van der Waals surface area contributed by atoms with Crippen LogP contribution in [0.1, 0.15) is 30.1 Å². The predicted octanol–water partition coefficient (Wildman–Crippen LogP) is 5.09. The highest BCUT2D eigenvalue weighted by Gasteiger charge is 2.11. The first-order chi connectivity index (χ1) is 11.0. The molecule has 2 amide bonds. The van der Waals surface area contributed by atoms with Gasteiger partial charge in [-0.25, -0.2) is 0 Å². The zero-order valence-corrected chi connectivity index (χ0v) is 14.9. The first-order valence-corrected chi connectivity index (χ1v) is 8.33. The van der Waals surface area contributed by atoms with E-state index in [2.05, 4.69) is 26.6 Å². The van der Waals surface area contributed by atoms with Crippen LogP contribution in [-0.4, -0.2) is 11.8 Å². The maximum Gasteiger partial charge on any atom is 0.257 e. The lowest BCUT2D eigenvalue weighted by atomic mass is 10.2. The lowest BCUT2D eigenvalue weighted by molar-refractivity contribution is -0.116. The number of carbonyl (C=O) groups excluding carboxylic acids is 2. The van der Waals surface area contributed by atoms with Crippen molar-refractivity contribution in [2.24, 2.45) is 0 Å². The van der Waals surface area contributed by atoms with Crippen LogP contribution in [0.25, 0.3) is 0 Å². The minimum atomic E-state index is -0.293. The van der Waals surface area contributed by atoms with Gasteiger partial charge in [-0.15, -0.1) is 0 Å². The molecule has 0 saturated carbocycles. The fourth-order valence-electron chi connectivity index (χ4n) is 1.96. The summed E-state index contributed by atoms with van der Waals surface area (Å²) in [5, 5.41) is 5.95. The molecule has 0 radical (unpaired) electrons. The quantitative estimate of drug-likeness (QED) is 0.740. The predicted molar refractivity (Wildman–Crippen MR) is 97.1 cm³/mol. The molecule has 0 aliphatic rings. The molecule has 6 heteroatoms. The number of benzene rings is 2. The first-order valence-electron chi connectivity index (χ1n) is 7.16. The number of anilines is 2. The molecule has 0 aliphatic heterocycles. The van der Waals surface area contributed by atoms with Gasteiger partial charge in [0.1, 0.15) is 0 Å². The zero-order valence-electron chi connectivity index (χ0n) is 12.5. The number of nitrogens with one attached hydrogen (secondary N) is 2. The van der Waals surface area contributed by atoms with E-state index in [0.717, 1.165) is 10.9 Å². The monoisotopic (exact) mass is 394 g/mol. The van der Waals surface area contributed by atoms with Crippen molar-refractivity contribution in [3.8, 4) is 0 Å². The average Bonchev–Trinajstić information content (AvgIpc) is 2.52. The van der Waals surface area contributed by atoms with E-state index >= 15 is 0 Å². The summed E-state index contributed by atoms with van der Waals surface area (Å²) in [6, 6.07) is 12.0. The van der Waals surface area contributed by atoms with Gasteiger partial charge in [-0.1, -0.05) is 34.5 Å². The zero-order chi connectivity index (χ0) is 16.8. The average molecular weight is 396 g/mol. The van der Waals surface area contributed by atoms with Crippen molar-refractivity contribution < 1.29 is 9.59 Å². The van der Waals surface area contributed by atoms with Crippen molar-refractivity contribution in [3.63, 3.8) is 0 Å². The van der Waals surface area contributed by atoms with E-state index in [-0.39, 0.29) is 11.8 Å². The molecular weight excluding hydrogens is 380 g/mol. The largest absolute Gasteiger partial charge is 0.326 e. The number of halogens is 2. The standard InChI is InChI=1S/C17H16BrClN2O2/c1-2-3-16(22)20-12-5-7-13(8-6-12)21-17(23)14-10-11(18)4-9-15(14)19/h4-10H,2-3H2,1H3,(H,20,22)(H,21,23). The smallest absolute Gasteiger partial charge is 0.257 e. The highest BCUT2D eigenvalue weighted by molar-refractivity contribution is 9.10. The summed E-state index contributed by atoms with van der Waals surface area (Å²) < 4.78 is 0.779. The number of carbonyl (C=O) groups is 2. The van der Waals surface area contributed by atoms with E-state index in [1.165, 1.54) is 0 Å². The molecule has 0 saturated heterocycles. The van der Waals surface area contributed by atoms with Crippen LogP contribution in [0.15, 0.2) is 46.9 Å². The van der Waals surface area contributed by atoms with Gasteiger partial charge < -0.3 is 10.6 Å². The molecule has 0 heterocycles. The van der Waals surface area contributed by atoms with Crippen molar-refractivity contribution in [1.82, 2.24) is 0 Å². The van der Waals surface area contributed by atoms with Crippen molar-refractivity contribution in [1.29, 1.82) is 0 Å². The van der Waals surface area contributed by atoms with Gasteiger partial charge in [-0.2, -0.15) is 0 Å². The lowest BCUT2D eigenvalue weighted by Gasteiger charge is -2.09. The van der Waals surface area contributed by atoms with Crippen LogP contribution in [0.5, 0.6) is 0 Å². The topological polar surface area (TPSA) is 58.2 Å². The second-order valence-electron chi connectivity index (χ2n) is 4.95. The number of hydrogen-bond donors (Lipinski definition) is 2. The lowest BCUT2D eigenvalue weighted by Crippen LogP contribution is -2.13. The summed E-state index contributed by atoms with van der Waals surface area (Å²) >= 11 is 9.36. The summed E-state index contributed by atoms with van der Waals surface area (Å²) in [6.45, 7) is 1.95. The summed E-state index contributed by atoms with van der Waals surface area (Å²) in [5.41, 5.74) is 1.71. The minimum Gasteiger partial charge on any atom is -0.326 e. The van der Waals surface area contributed by atoms with Gasteiger partial charge in [-0.3, -0.25) is 9.59 Å². The van der Waals surface area contributed by atoms with Crippen molar-refractivity contribution in [3.05, 3.63) is 57.5 Å². The van der Waals surface area contributed by atoms with Crippen LogP contribution in [-0.2, 0) is 4.79 Å². The van der Waals surface area contributed by atoms with Crippen LogP contribution >= 0.6 is 27.5 Å². The van der Waals surface area contributed by atoms with E-state index in [1.807, 2.05) is 6.92 Å². The van der Waals surface area contributed by atoms with Crippen molar-refractivity contribution >= 4 is 50.7 Å². The Bertz CT molecular complexity index is 717. The molecule has 0 atom stereocenters. The van der Waals surface area contributed by atoms with E-state index in [9.17, 15) is 9.59 Å². The summed E-state index contributed by atoms with van der Waals surface area (Å²) in [5.74, 6) is -0.315. The van der Waals surface area contributed by atoms with Crippen LogP contribution in [0.3, 0.4) is 0 Å². The molecule has 2 rings (SSSR count). The second kappa shape index (κ2) is 8.13. The fraction of sp³-hybridized carbons (Fsp3) is 0.176. The molecule has 2 aromatic rings. The van der Waals surface area contributed by atoms with Gasteiger partial charge in [0.05, 0.1) is 10.6 Å². The highest BCUT2D eigenvalue weighted by atomic mass is 79.9. The van der Waals surface area contributed by atoms with Gasteiger partial charge in [0.25, 0.3) is 5.91 Å². The Balaban J connectivity index is 2.04. The second-order valence-corrected chi connectivity index (χ2v) is 6.28. The Hall–Kier alpha value is -1.85. The van der Waals surface area contributed by atoms with Gasteiger partial charge in [0, 0.05) is 22.3 Å². The maximum atomic E-state index is 12.2. The highest BCUT2D eigenvalue weighted by Crippen LogP contribution is 2.22. The Kier molecular flexibility index (Phi) is 6.19. The number of amides is 2. The Labute approximate surface area is 148 Å². The maximum absolute atomic E-state index is 12.2. The molecule has 0 spiro atoms. The van der Waals surface area contributed by atoms with Crippen LogP contribution in [0.2, 0.25) is 5.02 Å². The molecule has 2 N–H and O–H groups in total. The summed E-state index contributed by atoms with van der Waals surface area (Å²) in [6.07, 6.45) is 1.28. The number of rotatable bonds is 5. The normalized spacial score (nSPS) is 10.2. The first kappa shape index (κ1) is 17.5. The third-order valence-corrected chi connectivity index (χ3v) is 3.90.